The first-order valence-corrected chi connectivity index (χ1v) is 11.8. The molecule has 3 aromatic rings. The van der Waals surface area contributed by atoms with Crippen molar-refractivity contribution in [1.82, 2.24) is 0 Å². The Morgan fingerprint density at radius 2 is 1.55 bits per heavy atom. The number of hydrogen-bond acceptors (Lipinski definition) is 4. The molecule has 33 heavy (non-hydrogen) atoms. The first kappa shape index (κ1) is 24.2. The minimum absolute atomic E-state index is 0.116. The van der Waals surface area contributed by atoms with Gasteiger partial charge in [-0.3, -0.25) is 4.79 Å². The van der Waals surface area contributed by atoms with Crippen LogP contribution in [0.25, 0.3) is 0 Å². The molecule has 3 aromatic carbocycles. The van der Waals surface area contributed by atoms with Crippen LogP contribution in [0.5, 0.6) is 11.5 Å². The molecule has 174 valence electrons. The van der Waals surface area contributed by atoms with Crippen molar-refractivity contribution in [3.8, 4) is 11.5 Å². The summed E-state index contributed by atoms with van der Waals surface area (Å²) in [5.41, 5.74) is 2.70. The maximum Gasteiger partial charge on any atom is 0.243 e. The largest absolute Gasteiger partial charge is 0.494 e. The molecule has 0 aliphatic rings. The van der Waals surface area contributed by atoms with Gasteiger partial charge in [0.25, 0.3) is 0 Å². The molecule has 0 unspecified atom stereocenters. The predicted octanol–water partition coefficient (Wildman–Crippen LogP) is 6.67. The number of anilines is 2. The number of carbonyl (C=O) groups is 1. The Labute approximate surface area is 197 Å². The summed E-state index contributed by atoms with van der Waals surface area (Å²) in [5, 5.41) is 6.05. The molecule has 0 saturated carbocycles. The van der Waals surface area contributed by atoms with Gasteiger partial charge in [0.15, 0.2) is 0 Å². The monoisotopic (exact) mass is 446 g/mol. The molecule has 0 spiro atoms. The molecule has 2 N–H and O–H groups in total. The normalized spacial score (nSPS) is 10.5. The molecule has 0 saturated heterocycles. The van der Waals surface area contributed by atoms with Gasteiger partial charge in [-0.15, -0.1) is 0 Å². The Morgan fingerprint density at radius 1 is 0.758 bits per heavy atom. The average Bonchev–Trinajstić information content (AvgIpc) is 2.85. The zero-order chi connectivity index (χ0) is 23.1. The van der Waals surface area contributed by atoms with E-state index < -0.39 is 0 Å². The lowest BCUT2D eigenvalue weighted by molar-refractivity contribution is -0.114. The molecule has 0 atom stereocenters. The SMILES string of the molecule is CCCCCCCOc1cccc(NCC(=O)Nc2ccc(OCc3ccccc3)cc2)c1. The van der Waals surface area contributed by atoms with Gasteiger partial charge in [-0.25, -0.2) is 0 Å². The van der Waals surface area contributed by atoms with E-state index >= 15 is 0 Å². The highest BCUT2D eigenvalue weighted by Gasteiger charge is 2.04. The third kappa shape index (κ3) is 9.27. The van der Waals surface area contributed by atoms with Crippen LogP contribution in [-0.4, -0.2) is 19.1 Å². The second-order valence-corrected chi connectivity index (χ2v) is 7.99. The average molecular weight is 447 g/mol. The topological polar surface area (TPSA) is 59.6 Å². The van der Waals surface area contributed by atoms with Crippen molar-refractivity contribution in [1.29, 1.82) is 0 Å². The fourth-order valence-electron chi connectivity index (χ4n) is 3.35. The van der Waals surface area contributed by atoms with Crippen molar-refractivity contribution in [2.45, 2.75) is 45.6 Å². The first-order valence-electron chi connectivity index (χ1n) is 11.8. The molecule has 0 heterocycles. The quantitative estimate of drug-likeness (QED) is 0.272. The lowest BCUT2D eigenvalue weighted by Crippen LogP contribution is -2.21. The molecular weight excluding hydrogens is 412 g/mol. The summed E-state index contributed by atoms with van der Waals surface area (Å²) in [6.07, 6.45) is 6.06. The van der Waals surface area contributed by atoms with Gasteiger partial charge in [0.1, 0.15) is 18.1 Å². The van der Waals surface area contributed by atoms with E-state index in [2.05, 4.69) is 17.6 Å². The summed E-state index contributed by atoms with van der Waals surface area (Å²) in [5.74, 6) is 1.47. The van der Waals surface area contributed by atoms with Crippen LogP contribution < -0.4 is 20.1 Å². The van der Waals surface area contributed by atoms with Crippen LogP contribution in [0.15, 0.2) is 78.9 Å². The van der Waals surface area contributed by atoms with E-state index in [-0.39, 0.29) is 12.5 Å². The van der Waals surface area contributed by atoms with Crippen LogP contribution in [0, 0.1) is 0 Å². The van der Waals surface area contributed by atoms with Gasteiger partial charge < -0.3 is 20.1 Å². The molecule has 5 nitrogen and oxygen atoms in total. The maximum absolute atomic E-state index is 12.3. The maximum atomic E-state index is 12.3. The number of unbranched alkanes of at least 4 members (excludes halogenated alkanes) is 4. The molecule has 0 fully saturated rings. The minimum Gasteiger partial charge on any atom is -0.494 e. The molecule has 3 rings (SSSR count). The van der Waals surface area contributed by atoms with E-state index in [1.165, 1.54) is 25.7 Å². The van der Waals surface area contributed by atoms with E-state index in [0.29, 0.717) is 6.61 Å². The van der Waals surface area contributed by atoms with Gasteiger partial charge >= 0.3 is 0 Å². The van der Waals surface area contributed by atoms with Gasteiger partial charge in [-0.1, -0.05) is 69.0 Å². The highest BCUT2D eigenvalue weighted by Crippen LogP contribution is 2.19. The van der Waals surface area contributed by atoms with Gasteiger partial charge in [0.2, 0.25) is 5.91 Å². The summed E-state index contributed by atoms with van der Waals surface area (Å²) >= 11 is 0. The number of rotatable bonds is 14. The Bertz CT molecular complexity index is 958. The Morgan fingerprint density at radius 3 is 2.33 bits per heavy atom. The van der Waals surface area contributed by atoms with Gasteiger partial charge in [0, 0.05) is 17.4 Å². The third-order valence-corrected chi connectivity index (χ3v) is 5.19. The number of hydrogen-bond donors (Lipinski definition) is 2. The fraction of sp³-hybridized carbons (Fsp3) is 0.321. The standard InChI is InChI=1S/C28H34N2O3/c1-2-3-4-5-9-19-32-27-14-10-13-25(20-27)29-21-28(31)30-24-15-17-26(18-16-24)33-22-23-11-7-6-8-12-23/h6-8,10-18,20,29H,2-5,9,19,21-22H2,1H3,(H,30,31). The smallest absolute Gasteiger partial charge is 0.243 e. The summed E-state index contributed by atoms with van der Waals surface area (Å²) in [7, 11) is 0. The molecule has 0 bridgehead atoms. The van der Waals surface area contributed by atoms with Crippen LogP contribution in [0.2, 0.25) is 0 Å². The van der Waals surface area contributed by atoms with Crippen LogP contribution in [-0.2, 0) is 11.4 Å². The van der Waals surface area contributed by atoms with E-state index in [1.807, 2.05) is 78.9 Å². The van der Waals surface area contributed by atoms with E-state index in [1.54, 1.807) is 0 Å². The van der Waals surface area contributed by atoms with E-state index in [4.69, 9.17) is 9.47 Å². The number of nitrogens with one attached hydrogen (secondary N) is 2. The second-order valence-electron chi connectivity index (χ2n) is 7.99. The highest BCUT2D eigenvalue weighted by molar-refractivity contribution is 5.93. The van der Waals surface area contributed by atoms with Crippen LogP contribution in [0.1, 0.15) is 44.6 Å². The summed E-state index contributed by atoms with van der Waals surface area (Å²) in [4.78, 5) is 12.3. The van der Waals surface area contributed by atoms with Crippen molar-refractivity contribution in [3.63, 3.8) is 0 Å². The number of amides is 1. The van der Waals surface area contributed by atoms with Crippen LogP contribution in [0.4, 0.5) is 11.4 Å². The van der Waals surface area contributed by atoms with Crippen molar-refractivity contribution < 1.29 is 14.3 Å². The summed E-state index contributed by atoms with van der Waals surface area (Å²) in [6.45, 7) is 3.62. The Hall–Kier alpha value is -3.47. The highest BCUT2D eigenvalue weighted by atomic mass is 16.5. The molecule has 1 amide bonds. The van der Waals surface area contributed by atoms with E-state index in [0.717, 1.165) is 41.5 Å². The van der Waals surface area contributed by atoms with Crippen molar-refractivity contribution in [3.05, 3.63) is 84.4 Å². The molecule has 0 aliphatic carbocycles. The zero-order valence-corrected chi connectivity index (χ0v) is 19.4. The molecule has 0 aliphatic heterocycles. The lowest BCUT2D eigenvalue weighted by atomic mass is 10.2. The molecular formula is C28H34N2O3. The van der Waals surface area contributed by atoms with Crippen LogP contribution in [0.3, 0.4) is 0 Å². The third-order valence-electron chi connectivity index (χ3n) is 5.19. The summed E-state index contributed by atoms with van der Waals surface area (Å²) < 4.78 is 11.6. The number of benzene rings is 3. The first-order chi connectivity index (χ1) is 16.2. The van der Waals surface area contributed by atoms with Crippen molar-refractivity contribution in [2.75, 3.05) is 23.8 Å². The van der Waals surface area contributed by atoms with Gasteiger partial charge in [0.05, 0.1) is 13.2 Å². The minimum atomic E-state index is -0.116. The summed E-state index contributed by atoms with van der Waals surface area (Å²) in [6, 6.07) is 25.1. The number of carbonyl (C=O) groups excluding carboxylic acids is 1. The zero-order valence-electron chi connectivity index (χ0n) is 19.4. The Kier molecular flexibility index (Phi) is 10.1. The predicted molar refractivity (Wildman–Crippen MR) is 135 cm³/mol. The van der Waals surface area contributed by atoms with Crippen molar-refractivity contribution in [2.24, 2.45) is 0 Å². The number of ether oxygens (including phenoxy) is 2. The molecule has 0 aromatic heterocycles. The van der Waals surface area contributed by atoms with E-state index in [9.17, 15) is 4.79 Å². The molecule has 5 heteroatoms. The lowest BCUT2D eigenvalue weighted by Gasteiger charge is -2.11. The van der Waals surface area contributed by atoms with Crippen molar-refractivity contribution >= 4 is 17.3 Å². The Balaban J connectivity index is 1.37. The second kappa shape index (κ2) is 13.8. The molecule has 0 radical (unpaired) electrons. The van der Waals surface area contributed by atoms with Crippen LogP contribution >= 0.6 is 0 Å². The van der Waals surface area contributed by atoms with Gasteiger partial charge in [-0.2, -0.15) is 0 Å². The van der Waals surface area contributed by atoms with Gasteiger partial charge in [-0.05, 0) is 48.4 Å². The fourth-order valence-corrected chi connectivity index (χ4v) is 3.35.